The Labute approximate surface area is 154 Å². The second-order valence-corrected chi connectivity index (χ2v) is 6.74. The Bertz CT molecular complexity index is 768. The number of ketones is 1. The molecule has 0 radical (unpaired) electrons. The van der Waals surface area contributed by atoms with Crippen LogP contribution in [0.25, 0.3) is 0 Å². The van der Waals surface area contributed by atoms with Gasteiger partial charge in [0, 0.05) is 31.7 Å². The van der Waals surface area contributed by atoms with Crippen molar-refractivity contribution in [2.45, 2.75) is 13.0 Å². The summed E-state index contributed by atoms with van der Waals surface area (Å²) in [5.74, 6) is -0.161. The monoisotopic (exact) mass is 351 g/mol. The van der Waals surface area contributed by atoms with E-state index in [4.69, 9.17) is 0 Å². The van der Waals surface area contributed by atoms with E-state index in [2.05, 4.69) is 22.2 Å². The number of nitrogens with one attached hydrogen (secondary N) is 1. The van der Waals surface area contributed by atoms with E-state index in [1.165, 1.54) is 6.92 Å². The van der Waals surface area contributed by atoms with E-state index >= 15 is 0 Å². The lowest BCUT2D eigenvalue weighted by atomic mass is 10.0. The number of carbonyl (C=O) groups excluding carboxylic acids is 2. The third kappa shape index (κ3) is 4.18. The molecule has 1 heterocycles. The molecule has 0 saturated carbocycles. The third-order valence-electron chi connectivity index (χ3n) is 4.83. The molecule has 1 atom stereocenters. The van der Waals surface area contributed by atoms with Gasteiger partial charge in [-0.05, 0) is 31.7 Å². The Kier molecular flexibility index (Phi) is 5.81. The highest BCUT2D eigenvalue weighted by Crippen LogP contribution is 2.25. The Morgan fingerprint density at radius 1 is 0.923 bits per heavy atom. The number of rotatable bonds is 5. The minimum absolute atomic E-state index is 0.0586. The van der Waals surface area contributed by atoms with Crippen molar-refractivity contribution in [3.63, 3.8) is 0 Å². The first-order valence-corrected chi connectivity index (χ1v) is 8.94. The Morgan fingerprint density at radius 2 is 1.54 bits per heavy atom. The predicted molar refractivity (Wildman–Crippen MR) is 103 cm³/mol. The molecular formula is C21H25N3O2. The van der Waals surface area contributed by atoms with E-state index in [9.17, 15) is 9.59 Å². The number of para-hydroxylation sites is 1. The molecule has 1 fully saturated rings. The molecule has 0 bridgehead atoms. The number of piperazine rings is 1. The molecule has 26 heavy (non-hydrogen) atoms. The molecule has 136 valence electrons. The highest BCUT2D eigenvalue weighted by atomic mass is 16.2. The zero-order valence-electron chi connectivity index (χ0n) is 15.3. The van der Waals surface area contributed by atoms with Gasteiger partial charge >= 0.3 is 0 Å². The van der Waals surface area contributed by atoms with Gasteiger partial charge in [-0.1, -0.05) is 42.5 Å². The van der Waals surface area contributed by atoms with Gasteiger partial charge in [0.25, 0.3) is 0 Å². The van der Waals surface area contributed by atoms with Crippen LogP contribution in [0, 0.1) is 0 Å². The van der Waals surface area contributed by atoms with Gasteiger partial charge < -0.3 is 10.2 Å². The maximum absolute atomic E-state index is 13.2. The molecule has 1 N–H and O–H groups in total. The lowest BCUT2D eigenvalue weighted by Crippen LogP contribution is -2.48. The lowest BCUT2D eigenvalue weighted by molar-refractivity contribution is -0.122. The average molecular weight is 351 g/mol. The van der Waals surface area contributed by atoms with Crippen molar-refractivity contribution in [1.82, 2.24) is 9.80 Å². The van der Waals surface area contributed by atoms with Crippen LogP contribution in [0.15, 0.2) is 54.6 Å². The van der Waals surface area contributed by atoms with Crippen LogP contribution in [0.1, 0.15) is 28.9 Å². The van der Waals surface area contributed by atoms with Crippen molar-refractivity contribution < 1.29 is 9.59 Å². The summed E-state index contributed by atoms with van der Waals surface area (Å²) in [6.45, 7) is 5.04. The van der Waals surface area contributed by atoms with Crippen LogP contribution in [0.3, 0.4) is 0 Å². The van der Waals surface area contributed by atoms with Crippen LogP contribution >= 0.6 is 0 Å². The smallest absolute Gasteiger partial charge is 0.246 e. The molecule has 2 aromatic rings. The highest BCUT2D eigenvalue weighted by Gasteiger charge is 2.30. The third-order valence-corrected chi connectivity index (χ3v) is 4.83. The number of nitrogens with zero attached hydrogens (tertiary/aromatic N) is 2. The van der Waals surface area contributed by atoms with Gasteiger partial charge in [0.2, 0.25) is 5.91 Å². The molecule has 1 aliphatic rings. The topological polar surface area (TPSA) is 52.7 Å². The summed E-state index contributed by atoms with van der Waals surface area (Å²) >= 11 is 0. The normalized spacial score (nSPS) is 16.8. The second-order valence-electron chi connectivity index (χ2n) is 6.74. The summed E-state index contributed by atoms with van der Waals surface area (Å²) in [5, 5.41) is 2.98. The molecule has 5 heteroatoms. The summed E-state index contributed by atoms with van der Waals surface area (Å²) in [7, 11) is 2.10. The summed E-state index contributed by atoms with van der Waals surface area (Å²) in [5.41, 5.74) is 2.07. The quantitative estimate of drug-likeness (QED) is 0.842. The molecule has 0 aliphatic carbocycles. The number of benzene rings is 2. The summed E-state index contributed by atoms with van der Waals surface area (Å²) < 4.78 is 0. The zero-order valence-corrected chi connectivity index (χ0v) is 15.3. The van der Waals surface area contributed by atoms with Crippen molar-refractivity contribution in [3.8, 4) is 0 Å². The van der Waals surface area contributed by atoms with Gasteiger partial charge in [0.05, 0.1) is 5.69 Å². The summed E-state index contributed by atoms with van der Waals surface area (Å²) in [4.78, 5) is 29.5. The molecule has 2 aromatic carbocycles. The van der Waals surface area contributed by atoms with Crippen LogP contribution in [-0.4, -0.2) is 54.7 Å². The molecule has 0 aromatic heterocycles. The van der Waals surface area contributed by atoms with Crippen LogP contribution < -0.4 is 5.32 Å². The van der Waals surface area contributed by atoms with Crippen LogP contribution in [0.5, 0.6) is 0 Å². The molecule has 3 rings (SSSR count). The summed E-state index contributed by atoms with van der Waals surface area (Å²) in [6.07, 6.45) is 0. The van der Waals surface area contributed by atoms with E-state index in [0.29, 0.717) is 11.3 Å². The van der Waals surface area contributed by atoms with Gasteiger partial charge in [-0.25, -0.2) is 0 Å². The number of likely N-dealkylation sites (N-methyl/N-ethyl adjacent to an activating group) is 1. The van der Waals surface area contributed by atoms with Crippen molar-refractivity contribution in [3.05, 3.63) is 65.7 Å². The molecule has 1 unspecified atom stereocenters. The number of Topliss-reactive ketones (excluding diaryl/α,β-unsaturated/α-hetero) is 1. The minimum atomic E-state index is -0.370. The molecule has 1 amide bonds. The Hall–Kier alpha value is -2.50. The van der Waals surface area contributed by atoms with Gasteiger partial charge in [-0.15, -0.1) is 0 Å². The van der Waals surface area contributed by atoms with Crippen molar-refractivity contribution in [2.75, 3.05) is 38.5 Å². The molecule has 0 spiro atoms. The van der Waals surface area contributed by atoms with Crippen LogP contribution in [-0.2, 0) is 4.79 Å². The molecular weight excluding hydrogens is 326 g/mol. The molecule has 1 aliphatic heterocycles. The van der Waals surface area contributed by atoms with Gasteiger partial charge in [0.15, 0.2) is 5.78 Å². The number of amides is 1. The average Bonchev–Trinajstić information content (AvgIpc) is 2.65. The first-order chi connectivity index (χ1) is 12.6. The number of hydrogen-bond donors (Lipinski definition) is 1. The van der Waals surface area contributed by atoms with Crippen LogP contribution in [0.4, 0.5) is 5.69 Å². The number of carbonyl (C=O) groups is 2. The van der Waals surface area contributed by atoms with E-state index in [1.54, 1.807) is 12.1 Å². The minimum Gasteiger partial charge on any atom is -0.324 e. The zero-order chi connectivity index (χ0) is 18.5. The fourth-order valence-corrected chi connectivity index (χ4v) is 3.34. The number of hydrogen-bond acceptors (Lipinski definition) is 4. The van der Waals surface area contributed by atoms with Crippen molar-refractivity contribution >= 4 is 17.4 Å². The first kappa shape index (κ1) is 18.3. The highest BCUT2D eigenvalue weighted by molar-refractivity contribution is 6.04. The van der Waals surface area contributed by atoms with Crippen LogP contribution in [0.2, 0.25) is 0 Å². The summed E-state index contributed by atoms with van der Waals surface area (Å²) in [6, 6.07) is 16.6. The van der Waals surface area contributed by atoms with E-state index < -0.39 is 0 Å². The van der Waals surface area contributed by atoms with Gasteiger partial charge in [-0.2, -0.15) is 0 Å². The van der Waals surface area contributed by atoms with E-state index in [-0.39, 0.29) is 17.7 Å². The standard InChI is InChI=1S/C21H25N3O2/c1-16(25)18-10-6-7-11-19(18)22-21(26)20(17-8-4-3-5-9-17)24-14-12-23(2)13-15-24/h3-11,20H,12-15H2,1-2H3,(H,22,26). The lowest BCUT2D eigenvalue weighted by Gasteiger charge is -2.37. The molecule has 1 saturated heterocycles. The SMILES string of the molecule is CC(=O)c1ccccc1NC(=O)C(c1ccccc1)N1CCN(C)CC1. The van der Waals surface area contributed by atoms with Gasteiger partial charge in [-0.3, -0.25) is 14.5 Å². The van der Waals surface area contributed by atoms with E-state index in [1.807, 2.05) is 42.5 Å². The van der Waals surface area contributed by atoms with Crippen molar-refractivity contribution in [1.29, 1.82) is 0 Å². The fraction of sp³-hybridized carbons (Fsp3) is 0.333. The van der Waals surface area contributed by atoms with Gasteiger partial charge in [0.1, 0.15) is 6.04 Å². The maximum Gasteiger partial charge on any atom is 0.246 e. The van der Waals surface area contributed by atoms with Crippen molar-refractivity contribution in [2.24, 2.45) is 0 Å². The predicted octanol–water partition coefficient (Wildman–Crippen LogP) is 2.82. The fourth-order valence-electron chi connectivity index (χ4n) is 3.34. The first-order valence-electron chi connectivity index (χ1n) is 8.94. The molecule has 5 nitrogen and oxygen atoms in total. The maximum atomic E-state index is 13.2. The largest absolute Gasteiger partial charge is 0.324 e. The second kappa shape index (κ2) is 8.25. The Morgan fingerprint density at radius 3 is 2.19 bits per heavy atom. The number of anilines is 1. The van der Waals surface area contributed by atoms with E-state index in [0.717, 1.165) is 31.7 Å². The Balaban J connectivity index is 1.87.